The Hall–Kier alpha value is -0.450. The molecule has 0 heterocycles. The highest BCUT2D eigenvalue weighted by Gasteiger charge is 2.25. The Morgan fingerprint density at radius 1 is 1.39 bits per heavy atom. The van der Waals surface area contributed by atoms with Gasteiger partial charge >= 0.3 is 0 Å². The molecule has 1 aliphatic rings. The van der Waals surface area contributed by atoms with Gasteiger partial charge in [0.2, 0.25) is 5.91 Å². The predicted molar refractivity (Wildman–Crippen MR) is 78.4 cm³/mol. The third kappa shape index (κ3) is 3.31. The zero-order chi connectivity index (χ0) is 13.3. The minimum Gasteiger partial charge on any atom is -0.373 e. The Morgan fingerprint density at radius 2 is 2.06 bits per heavy atom. The first-order valence-corrected chi connectivity index (χ1v) is 7.24. The van der Waals surface area contributed by atoms with Crippen LogP contribution in [0.3, 0.4) is 0 Å². The van der Waals surface area contributed by atoms with Crippen LogP contribution in [0, 0.1) is 0 Å². The molecule has 1 atom stereocenters. The summed E-state index contributed by atoms with van der Waals surface area (Å²) in [7, 11) is 0. The molecule has 18 heavy (non-hydrogen) atoms. The Kier molecular flexibility index (Phi) is 4.41. The third-order valence-electron chi connectivity index (χ3n) is 2.72. The van der Waals surface area contributed by atoms with Crippen LogP contribution in [0.1, 0.15) is 19.8 Å². The Bertz CT molecular complexity index is 477. The first-order chi connectivity index (χ1) is 8.49. The van der Waals surface area contributed by atoms with Gasteiger partial charge in [-0.2, -0.15) is 0 Å². The average molecular weight is 352 g/mol. The van der Waals surface area contributed by atoms with Gasteiger partial charge < -0.3 is 10.6 Å². The van der Waals surface area contributed by atoms with Crippen molar-refractivity contribution in [1.29, 1.82) is 0 Å². The lowest BCUT2D eigenvalue weighted by molar-refractivity contribution is -0.121. The van der Waals surface area contributed by atoms with Gasteiger partial charge in [0.15, 0.2) is 0 Å². The monoisotopic (exact) mass is 350 g/mol. The Labute approximate surface area is 124 Å². The molecule has 1 fully saturated rings. The summed E-state index contributed by atoms with van der Waals surface area (Å²) in [6.07, 6.45) is 2.15. The van der Waals surface area contributed by atoms with E-state index < -0.39 is 0 Å². The molecule has 0 bridgehead atoms. The molecule has 0 radical (unpaired) electrons. The molecule has 1 amide bonds. The van der Waals surface area contributed by atoms with E-state index in [9.17, 15) is 4.79 Å². The lowest BCUT2D eigenvalue weighted by Crippen LogP contribution is -2.38. The maximum absolute atomic E-state index is 11.8. The highest BCUT2D eigenvalue weighted by molar-refractivity contribution is 9.10. The van der Waals surface area contributed by atoms with Gasteiger partial charge in [-0.1, -0.05) is 23.2 Å². The Balaban J connectivity index is 2.03. The average Bonchev–Trinajstić information content (AvgIpc) is 3.13. The van der Waals surface area contributed by atoms with Crippen molar-refractivity contribution >= 4 is 50.7 Å². The van der Waals surface area contributed by atoms with Crippen LogP contribution in [0.2, 0.25) is 10.0 Å². The molecule has 1 saturated carbocycles. The summed E-state index contributed by atoms with van der Waals surface area (Å²) >= 11 is 15.4. The van der Waals surface area contributed by atoms with Gasteiger partial charge in [-0.3, -0.25) is 4.79 Å². The van der Waals surface area contributed by atoms with Gasteiger partial charge in [-0.25, -0.2) is 0 Å². The smallest absolute Gasteiger partial charge is 0.242 e. The molecule has 2 rings (SSSR count). The molecular weight excluding hydrogens is 339 g/mol. The van der Waals surface area contributed by atoms with Crippen LogP contribution in [-0.4, -0.2) is 18.0 Å². The number of hydrogen-bond acceptors (Lipinski definition) is 2. The van der Waals surface area contributed by atoms with Crippen molar-refractivity contribution in [1.82, 2.24) is 5.32 Å². The summed E-state index contributed by atoms with van der Waals surface area (Å²) in [6, 6.07) is 3.59. The van der Waals surface area contributed by atoms with Crippen molar-refractivity contribution in [2.75, 3.05) is 5.32 Å². The number of halogens is 3. The summed E-state index contributed by atoms with van der Waals surface area (Å²) in [4.78, 5) is 11.8. The summed E-state index contributed by atoms with van der Waals surface area (Å²) in [5.74, 6) is -0.0207. The van der Waals surface area contributed by atoms with E-state index in [1.54, 1.807) is 19.1 Å². The first-order valence-electron chi connectivity index (χ1n) is 5.69. The second-order valence-corrected chi connectivity index (χ2v) is 5.98. The second-order valence-electron chi connectivity index (χ2n) is 4.37. The number of benzene rings is 1. The van der Waals surface area contributed by atoms with Crippen LogP contribution in [-0.2, 0) is 4.79 Å². The molecule has 2 N–H and O–H groups in total. The lowest BCUT2D eigenvalue weighted by atomic mass is 10.2. The highest BCUT2D eigenvalue weighted by atomic mass is 79.9. The molecule has 1 unspecified atom stereocenters. The normalized spacial score (nSPS) is 16.2. The summed E-state index contributed by atoms with van der Waals surface area (Å²) < 4.78 is 0.731. The predicted octanol–water partition coefficient (Wildman–Crippen LogP) is 3.83. The molecule has 1 aromatic rings. The first kappa shape index (κ1) is 14.0. The lowest BCUT2D eigenvalue weighted by Gasteiger charge is -2.16. The standard InChI is InChI=1S/C12H13BrCl2N2O/c1-6(12(18)17-7-2-3-7)16-9-5-4-8(13)10(14)11(9)15/h4-7,16H,2-3H2,1H3,(H,17,18). The maximum atomic E-state index is 11.8. The zero-order valence-electron chi connectivity index (χ0n) is 9.77. The number of rotatable bonds is 4. The number of carbonyl (C=O) groups excluding carboxylic acids is 1. The van der Waals surface area contributed by atoms with E-state index >= 15 is 0 Å². The molecule has 0 aliphatic heterocycles. The van der Waals surface area contributed by atoms with Gasteiger partial charge in [0.25, 0.3) is 0 Å². The molecule has 1 aliphatic carbocycles. The summed E-state index contributed by atoms with van der Waals surface area (Å²) in [5.41, 5.74) is 0.656. The van der Waals surface area contributed by atoms with Gasteiger partial charge in [0, 0.05) is 10.5 Å². The number of carbonyl (C=O) groups is 1. The fourth-order valence-corrected chi connectivity index (χ4v) is 2.32. The largest absolute Gasteiger partial charge is 0.373 e. The van der Waals surface area contributed by atoms with Gasteiger partial charge in [0.05, 0.1) is 15.7 Å². The van der Waals surface area contributed by atoms with E-state index in [1.807, 2.05) is 0 Å². The van der Waals surface area contributed by atoms with Crippen molar-refractivity contribution in [2.45, 2.75) is 31.8 Å². The molecule has 3 nitrogen and oxygen atoms in total. The van der Waals surface area contributed by atoms with Crippen LogP contribution in [0.15, 0.2) is 16.6 Å². The molecule has 98 valence electrons. The van der Waals surface area contributed by atoms with Crippen LogP contribution in [0.25, 0.3) is 0 Å². The van der Waals surface area contributed by atoms with Gasteiger partial charge in [-0.05, 0) is 47.8 Å². The number of amides is 1. The fraction of sp³-hybridized carbons (Fsp3) is 0.417. The zero-order valence-corrected chi connectivity index (χ0v) is 12.9. The van der Waals surface area contributed by atoms with E-state index in [4.69, 9.17) is 23.2 Å². The van der Waals surface area contributed by atoms with Gasteiger partial charge in [-0.15, -0.1) is 0 Å². The number of nitrogens with one attached hydrogen (secondary N) is 2. The minimum atomic E-state index is -0.347. The van der Waals surface area contributed by atoms with Crippen molar-refractivity contribution in [2.24, 2.45) is 0 Å². The number of hydrogen-bond donors (Lipinski definition) is 2. The summed E-state index contributed by atoms with van der Waals surface area (Å²) in [6.45, 7) is 1.80. The maximum Gasteiger partial charge on any atom is 0.242 e. The van der Waals surface area contributed by atoms with E-state index in [1.165, 1.54) is 0 Å². The third-order valence-corrected chi connectivity index (χ3v) is 4.50. The van der Waals surface area contributed by atoms with Crippen LogP contribution < -0.4 is 10.6 Å². The van der Waals surface area contributed by atoms with Crippen molar-refractivity contribution in [3.63, 3.8) is 0 Å². The van der Waals surface area contributed by atoms with Crippen LogP contribution >= 0.6 is 39.1 Å². The van der Waals surface area contributed by atoms with Crippen molar-refractivity contribution in [3.05, 3.63) is 26.7 Å². The fourth-order valence-electron chi connectivity index (χ4n) is 1.49. The van der Waals surface area contributed by atoms with E-state index in [-0.39, 0.29) is 11.9 Å². The second kappa shape index (κ2) is 5.68. The minimum absolute atomic E-state index is 0.0207. The van der Waals surface area contributed by atoms with Crippen molar-refractivity contribution in [3.8, 4) is 0 Å². The molecule has 0 aromatic heterocycles. The van der Waals surface area contributed by atoms with Crippen LogP contribution in [0.5, 0.6) is 0 Å². The molecule has 1 aromatic carbocycles. The number of anilines is 1. The topological polar surface area (TPSA) is 41.1 Å². The molecule has 6 heteroatoms. The molecular formula is C12H13BrCl2N2O. The quantitative estimate of drug-likeness (QED) is 0.809. The van der Waals surface area contributed by atoms with E-state index in [0.717, 1.165) is 17.3 Å². The van der Waals surface area contributed by atoms with E-state index in [2.05, 4.69) is 26.6 Å². The Morgan fingerprint density at radius 3 is 2.67 bits per heavy atom. The highest BCUT2D eigenvalue weighted by Crippen LogP contribution is 2.36. The van der Waals surface area contributed by atoms with Crippen LogP contribution in [0.4, 0.5) is 5.69 Å². The SMILES string of the molecule is CC(Nc1ccc(Br)c(Cl)c1Cl)C(=O)NC1CC1. The molecule has 0 spiro atoms. The molecule has 0 saturated heterocycles. The van der Waals surface area contributed by atoms with Crippen molar-refractivity contribution < 1.29 is 4.79 Å². The van der Waals surface area contributed by atoms with E-state index in [0.29, 0.717) is 21.8 Å². The summed E-state index contributed by atoms with van der Waals surface area (Å²) in [5, 5.41) is 6.85. The van der Waals surface area contributed by atoms with Gasteiger partial charge in [0.1, 0.15) is 6.04 Å².